The standard InChI is InChI=1S/C14H20N2O/c1-11(2)13(15)10-16-14(17)9-8-12-6-4-3-5-7-12/h3-9,11,13H,10,15H2,1-2H3,(H,16,17). The minimum Gasteiger partial charge on any atom is -0.351 e. The van der Waals surface area contributed by atoms with Crippen LogP contribution in [0.5, 0.6) is 0 Å². The first-order chi connectivity index (χ1) is 8.09. The molecule has 0 aliphatic carbocycles. The van der Waals surface area contributed by atoms with E-state index in [9.17, 15) is 4.79 Å². The van der Waals surface area contributed by atoms with E-state index in [1.165, 1.54) is 6.08 Å². The minimum absolute atomic E-state index is 0.00377. The van der Waals surface area contributed by atoms with Crippen LogP contribution >= 0.6 is 0 Å². The molecule has 1 atom stereocenters. The molecule has 1 rings (SSSR count). The molecule has 0 fully saturated rings. The Hall–Kier alpha value is -1.61. The van der Waals surface area contributed by atoms with E-state index >= 15 is 0 Å². The molecule has 3 nitrogen and oxygen atoms in total. The fourth-order valence-corrected chi connectivity index (χ4v) is 1.25. The van der Waals surface area contributed by atoms with Crippen LogP contribution in [-0.4, -0.2) is 18.5 Å². The van der Waals surface area contributed by atoms with Crippen molar-refractivity contribution in [3.8, 4) is 0 Å². The molecule has 0 spiro atoms. The highest BCUT2D eigenvalue weighted by molar-refractivity contribution is 5.91. The first-order valence-electron chi connectivity index (χ1n) is 5.86. The molecule has 1 amide bonds. The number of carbonyl (C=O) groups is 1. The van der Waals surface area contributed by atoms with E-state index in [0.717, 1.165) is 5.56 Å². The molecule has 0 aliphatic rings. The van der Waals surface area contributed by atoms with Crippen LogP contribution in [-0.2, 0) is 4.79 Å². The second-order valence-corrected chi connectivity index (χ2v) is 4.40. The molecule has 0 heterocycles. The normalized spacial score (nSPS) is 12.9. The summed E-state index contributed by atoms with van der Waals surface area (Å²) in [6.45, 7) is 4.59. The summed E-state index contributed by atoms with van der Waals surface area (Å²) < 4.78 is 0. The molecule has 0 aromatic heterocycles. The van der Waals surface area contributed by atoms with Crippen LogP contribution < -0.4 is 11.1 Å². The van der Waals surface area contributed by atoms with Crippen molar-refractivity contribution in [2.75, 3.05) is 6.54 Å². The number of hydrogen-bond donors (Lipinski definition) is 2. The zero-order valence-corrected chi connectivity index (χ0v) is 10.4. The number of amides is 1. The van der Waals surface area contributed by atoms with Gasteiger partial charge in [0.2, 0.25) is 5.91 Å². The molecule has 92 valence electrons. The van der Waals surface area contributed by atoms with Gasteiger partial charge in [0.1, 0.15) is 0 Å². The molecule has 1 aromatic rings. The Kier molecular flexibility index (Phi) is 5.43. The first kappa shape index (κ1) is 13.5. The highest BCUT2D eigenvalue weighted by Crippen LogP contribution is 2.00. The molecule has 0 saturated carbocycles. The Labute approximate surface area is 103 Å². The summed E-state index contributed by atoms with van der Waals surface area (Å²) in [5.41, 5.74) is 6.84. The minimum atomic E-state index is -0.107. The zero-order chi connectivity index (χ0) is 12.7. The van der Waals surface area contributed by atoms with Crippen molar-refractivity contribution in [2.24, 2.45) is 11.7 Å². The van der Waals surface area contributed by atoms with Crippen molar-refractivity contribution in [1.29, 1.82) is 0 Å². The van der Waals surface area contributed by atoms with Gasteiger partial charge in [-0.3, -0.25) is 4.79 Å². The molecule has 1 unspecified atom stereocenters. The van der Waals surface area contributed by atoms with E-state index in [1.54, 1.807) is 6.08 Å². The SMILES string of the molecule is CC(C)C(N)CNC(=O)C=Cc1ccccc1. The van der Waals surface area contributed by atoms with Gasteiger partial charge in [0.15, 0.2) is 0 Å². The molecule has 0 aliphatic heterocycles. The summed E-state index contributed by atoms with van der Waals surface area (Å²) in [5.74, 6) is 0.262. The molecule has 17 heavy (non-hydrogen) atoms. The third-order valence-electron chi connectivity index (χ3n) is 2.60. The van der Waals surface area contributed by atoms with Crippen molar-refractivity contribution in [2.45, 2.75) is 19.9 Å². The quantitative estimate of drug-likeness (QED) is 0.761. The Balaban J connectivity index is 2.37. The van der Waals surface area contributed by atoms with Gasteiger partial charge in [-0.1, -0.05) is 44.2 Å². The zero-order valence-electron chi connectivity index (χ0n) is 10.4. The lowest BCUT2D eigenvalue weighted by Crippen LogP contribution is -2.39. The Morgan fingerprint density at radius 1 is 1.35 bits per heavy atom. The van der Waals surface area contributed by atoms with Crippen molar-refractivity contribution in [3.05, 3.63) is 42.0 Å². The maximum absolute atomic E-state index is 11.5. The third-order valence-corrected chi connectivity index (χ3v) is 2.60. The van der Waals surface area contributed by atoms with Gasteiger partial charge in [-0.25, -0.2) is 0 Å². The van der Waals surface area contributed by atoms with Crippen LogP contribution in [0.4, 0.5) is 0 Å². The number of nitrogens with one attached hydrogen (secondary N) is 1. The summed E-state index contributed by atoms with van der Waals surface area (Å²) in [6.07, 6.45) is 3.32. The predicted octanol–water partition coefficient (Wildman–Crippen LogP) is 1.80. The summed E-state index contributed by atoms with van der Waals surface area (Å²) in [7, 11) is 0. The second-order valence-electron chi connectivity index (χ2n) is 4.40. The van der Waals surface area contributed by atoms with Gasteiger partial charge in [-0.2, -0.15) is 0 Å². The van der Waals surface area contributed by atoms with E-state index in [2.05, 4.69) is 5.32 Å². The number of nitrogens with two attached hydrogens (primary N) is 1. The fourth-order valence-electron chi connectivity index (χ4n) is 1.25. The maximum atomic E-state index is 11.5. The highest BCUT2D eigenvalue weighted by atomic mass is 16.1. The van der Waals surface area contributed by atoms with Gasteiger partial charge < -0.3 is 11.1 Å². The van der Waals surface area contributed by atoms with Crippen molar-refractivity contribution >= 4 is 12.0 Å². The second kappa shape index (κ2) is 6.86. The molecule has 3 N–H and O–H groups in total. The monoisotopic (exact) mass is 232 g/mol. The number of carbonyl (C=O) groups excluding carboxylic acids is 1. The van der Waals surface area contributed by atoms with Gasteiger partial charge in [-0.15, -0.1) is 0 Å². The number of hydrogen-bond acceptors (Lipinski definition) is 2. The molecule has 1 aromatic carbocycles. The topological polar surface area (TPSA) is 55.1 Å². The van der Waals surface area contributed by atoms with Gasteiger partial charge in [0, 0.05) is 18.7 Å². The van der Waals surface area contributed by atoms with E-state index in [1.807, 2.05) is 44.2 Å². The van der Waals surface area contributed by atoms with Crippen LogP contribution in [0.15, 0.2) is 36.4 Å². The van der Waals surface area contributed by atoms with E-state index in [-0.39, 0.29) is 11.9 Å². The van der Waals surface area contributed by atoms with E-state index in [0.29, 0.717) is 12.5 Å². The van der Waals surface area contributed by atoms with Gasteiger partial charge in [0.05, 0.1) is 0 Å². The molecular weight excluding hydrogens is 212 g/mol. The third kappa shape index (κ3) is 5.31. The van der Waals surface area contributed by atoms with E-state index < -0.39 is 0 Å². The van der Waals surface area contributed by atoms with Gasteiger partial charge >= 0.3 is 0 Å². The fraction of sp³-hybridized carbons (Fsp3) is 0.357. The molecule has 0 saturated heterocycles. The Morgan fingerprint density at radius 3 is 2.59 bits per heavy atom. The summed E-state index contributed by atoms with van der Waals surface area (Å²) in [6, 6.07) is 9.72. The number of rotatable bonds is 5. The van der Waals surface area contributed by atoms with Crippen LogP contribution in [0.2, 0.25) is 0 Å². The molecular formula is C14H20N2O. The van der Waals surface area contributed by atoms with Crippen LogP contribution in [0.1, 0.15) is 19.4 Å². The first-order valence-corrected chi connectivity index (χ1v) is 5.86. The average molecular weight is 232 g/mol. The summed E-state index contributed by atoms with van der Waals surface area (Å²) in [5, 5.41) is 2.78. The average Bonchev–Trinajstić information content (AvgIpc) is 2.34. The van der Waals surface area contributed by atoms with Gasteiger partial charge in [-0.05, 0) is 17.6 Å². The van der Waals surface area contributed by atoms with Crippen molar-refractivity contribution < 1.29 is 4.79 Å². The lowest BCUT2D eigenvalue weighted by molar-refractivity contribution is -0.116. The van der Waals surface area contributed by atoms with E-state index in [4.69, 9.17) is 5.73 Å². The molecule has 0 bridgehead atoms. The van der Waals surface area contributed by atoms with Crippen LogP contribution in [0.25, 0.3) is 6.08 Å². The van der Waals surface area contributed by atoms with Crippen molar-refractivity contribution in [1.82, 2.24) is 5.32 Å². The van der Waals surface area contributed by atoms with Crippen LogP contribution in [0.3, 0.4) is 0 Å². The van der Waals surface area contributed by atoms with Gasteiger partial charge in [0.25, 0.3) is 0 Å². The lowest BCUT2D eigenvalue weighted by atomic mass is 10.1. The summed E-state index contributed by atoms with van der Waals surface area (Å²) in [4.78, 5) is 11.5. The molecule has 0 radical (unpaired) electrons. The summed E-state index contributed by atoms with van der Waals surface area (Å²) >= 11 is 0. The predicted molar refractivity (Wildman–Crippen MR) is 71.3 cm³/mol. The number of benzene rings is 1. The smallest absolute Gasteiger partial charge is 0.244 e. The largest absolute Gasteiger partial charge is 0.351 e. The van der Waals surface area contributed by atoms with Crippen LogP contribution in [0, 0.1) is 5.92 Å². The van der Waals surface area contributed by atoms with Crippen molar-refractivity contribution in [3.63, 3.8) is 0 Å². The maximum Gasteiger partial charge on any atom is 0.244 e. The highest BCUT2D eigenvalue weighted by Gasteiger charge is 2.07. The molecule has 3 heteroatoms. The lowest BCUT2D eigenvalue weighted by Gasteiger charge is -2.15. The Morgan fingerprint density at radius 2 is 2.00 bits per heavy atom. The Bertz CT molecular complexity index is 371.